The Morgan fingerprint density at radius 2 is 1.92 bits per heavy atom. The van der Waals surface area contributed by atoms with E-state index in [2.05, 4.69) is 10.2 Å². The molecule has 2 aromatic rings. The van der Waals surface area contributed by atoms with Crippen molar-refractivity contribution in [2.75, 3.05) is 7.11 Å². The van der Waals surface area contributed by atoms with Crippen LogP contribution < -0.4 is 15.2 Å². The fourth-order valence-electron chi connectivity index (χ4n) is 2.68. The van der Waals surface area contributed by atoms with E-state index in [1.165, 1.54) is 0 Å². The Morgan fingerprint density at radius 3 is 2.64 bits per heavy atom. The van der Waals surface area contributed by atoms with E-state index in [1.807, 2.05) is 43.3 Å². The molecule has 0 spiro atoms. The highest BCUT2D eigenvalue weighted by atomic mass is 35.5. The van der Waals surface area contributed by atoms with Gasteiger partial charge in [-0.2, -0.15) is 5.10 Å². The van der Waals surface area contributed by atoms with Gasteiger partial charge in [0.1, 0.15) is 11.6 Å². The van der Waals surface area contributed by atoms with Crippen molar-refractivity contribution in [3.05, 3.63) is 52.5 Å². The molecule has 0 bridgehead atoms. The molecule has 0 saturated carbocycles. The number of nitrogens with two attached hydrogens (primary N) is 1. The van der Waals surface area contributed by atoms with E-state index in [0.717, 1.165) is 23.3 Å². The van der Waals surface area contributed by atoms with Crippen molar-refractivity contribution in [1.82, 2.24) is 0 Å². The zero-order chi connectivity index (χ0) is 17.8. The van der Waals surface area contributed by atoms with Crippen LogP contribution in [0.4, 0.5) is 0 Å². The number of methoxy groups -OCH3 is 1. The summed E-state index contributed by atoms with van der Waals surface area (Å²) >= 11 is 6.40. The van der Waals surface area contributed by atoms with Crippen LogP contribution in [0.15, 0.2) is 46.6 Å². The summed E-state index contributed by atoms with van der Waals surface area (Å²) in [6.45, 7) is 2.01. The summed E-state index contributed by atoms with van der Waals surface area (Å²) in [4.78, 5) is 0. The molecule has 2 aromatic carbocycles. The zero-order valence-corrected chi connectivity index (χ0v) is 15.0. The number of amidine groups is 1. The van der Waals surface area contributed by atoms with Gasteiger partial charge < -0.3 is 15.2 Å². The summed E-state index contributed by atoms with van der Waals surface area (Å²) < 4.78 is 11.5. The van der Waals surface area contributed by atoms with Crippen LogP contribution in [0.1, 0.15) is 24.0 Å². The molecule has 0 amide bonds. The van der Waals surface area contributed by atoms with Crippen LogP contribution in [0.25, 0.3) is 0 Å². The molecule has 0 aliphatic carbocycles. The maximum Gasteiger partial charge on any atom is 0.169 e. The molecule has 1 aliphatic rings. The third kappa shape index (κ3) is 4.12. The van der Waals surface area contributed by atoms with Crippen molar-refractivity contribution in [2.24, 2.45) is 15.9 Å². The Labute approximate surface area is 152 Å². The molecule has 130 valence electrons. The summed E-state index contributed by atoms with van der Waals surface area (Å²) in [5.41, 5.74) is 8.66. The normalized spacial score (nSPS) is 13.4. The van der Waals surface area contributed by atoms with Crippen LogP contribution in [0.5, 0.6) is 17.2 Å². The SMILES string of the molecule is COc1cc(C)ccc1Oc1cccc(Cl)c1CCC1=NN=C(N)C1. The van der Waals surface area contributed by atoms with E-state index in [4.69, 9.17) is 26.8 Å². The van der Waals surface area contributed by atoms with E-state index in [1.54, 1.807) is 7.11 Å². The number of hydrogen-bond acceptors (Lipinski definition) is 5. The monoisotopic (exact) mass is 357 g/mol. The Morgan fingerprint density at radius 1 is 1.08 bits per heavy atom. The van der Waals surface area contributed by atoms with Crippen molar-refractivity contribution >= 4 is 23.1 Å². The average Bonchev–Trinajstić information content (AvgIpc) is 3.01. The van der Waals surface area contributed by atoms with Gasteiger partial charge in [0, 0.05) is 22.7 Å². The summed E-state index contributed by atoms with van der Waals surface area (Å²) in [6.07, 6.45) is 2.05. The zero-order valence-electron chi connectivity index (χ0n) is 14.3. The number of ether oxygens (including phenoxy) is 2. The second kappa shape index (κ2) is 7.57. The third-order valence-electron chi connectivity index (χ3n) is 3.98. The highest BCUT2D eigenvalue weighted by Gasteiger charge is 2.15. The van der Waals surface area contributed by atoms with E-state index in [-0.39, 0.29) is 0 Å². The van der Waals surface area contributed by atoms with Gasteiger partial charge in [0.25, 0.3) is 0 Å². The Balaban J connectivity index is 1.81. The molecule has 25 heavy (non-hydrogen) atoms. The van der Waals surface area contributed by atoms with Crippen LogP contribution in [-0.4, -0.2) is 18.7 Å². The number of rotatable bonds is 6. The quantitative estimate of drug-likeness (QED) is 0.827. The lowest BCUT2D eigenvalue weighted by molar-refractivity contribution is 0.377. The summed E-state index contributed by atoms with van der Waals surface area (Å²) in [7, 11) is 1.63. The molecule has 0 aromatic heterocycles. The van der Waals surface area contributed by atoms with Crippen LogP contribution in [0.2, 0.25) is 5.02 Å². The number of halogens is 1. The molecule has 1 aliphatic heterocycles. The molecule has 0 unspecified atom stereocenters. The van der Waals surface area contributed by atoms with Crippen LogP contribution in [0.3, 0.4) is 0 Å². The lowest BCUT2D eigenvalue weighted by Crippen LogP contribution is -2.12. The first kappa shape index (κ1) is 17.3. The second-order valence-corrected chi connectivity index (χ2v) is 6.31. The van der Waals surface area contributed by atoms with Crippen molar-refractivity contribution in [2.45, 2.75) is 26.2 Å². The predicted octanol–water partition coefficient (Wildman–Crippen LogP) is 4.50. The molecule has 3 rings (SSSR count). The summed E-state index contributed by atoms with van der Waals surface area (Å²) in [5, 5.41) is 8.63. The lowest BCUT2D eigenvalue weighted by Gasteiger charge is -2.15. The van der Waals surface area contributed by atoms with Gasteiger partial charge in [-0.3, -0.25) is 0 Å². The molecule has 6 heteroatoms. The summed E-state index contributed by atoms with van der Waals surface area (Å²) in [5.74, 6) is 2.60. The maximum absolute atomic E-state index is 6.40. The fourth-order valence-corrected chi connectivity index (χ4v) is 2.94. The maximum atomic E-state index is 6.40. The number of aryl methyl sites for hydroxylation is 1. The van der Waals surface area contributed by atoms with Crippen molar-refractivity contribution in [3.63, 3.8) is 0 Å². The summed E-state index contributed by atoms with van der Waals surface area (Å²) in [6, 6.07) is 11.5. The molecule has 0 radical (unpaired) electrons. The third-order valence-corrected chi connectivity index (χ3v) is 4.34. The topological polar surface area (TPSA) is 69.2 Å². The lowest BCUT2D eigenvalue weighted by atomic mass is 10.0. The predicted molar refractivity (Wildman–Crippen MR) is 101 cm³/mol. The number of nitrogens with zero attached hydrogens (tertiary/aromatic N) is 2. The van der Waals surface area contributed by atoms with Gasteiger partial charge >= 0.3 is 0 Å². The molecule has 5 nitrogen and oxygen atoms in total. The minimum Gasteiger partial charge on any atom is -0.493 e. The second-order valence-electron chi connectivity index (χ2n) is 5.91. The van der Waals surface area contributed by atoms with E-state index >= 15 is 0 Å². The molecule has 0 atom stereocenters. The van der Waals surface area contributed by atoms with Crippen molar-refractivity contribution in [1.29, 1.82) is 0 Å². The van der Waals surface area contributed by atoms with Gasteiger partial charge in [0.2, 0.25) is 0 Å². The van der Waals surface area contributed by atoms with Crippen molar-refractivity contribution in [3.8, 4) is 17.2 Å². The highest BCUT2D eigenvalue weighted by molar-refractivity contribution is 6.31. The van der Waals surface area contributed by atoms with Gasteiger partial charge in [-0.1, -0.05) is 23.7 Å². The van der Waals surface area contributed by atoms with Gasteiger partial charge in [-0.15, -0.1) is 5.10 Å². The van der Waals surface area contributed by atoms with Gasteiger partial charge in [0.15, 0.2) is 11.5 Å². The standard InChI is InChI=1S/C19H20ClN3O2/c1-12-6-9-17(18(10-12)24-2)25-16-5-3-4-15(20)14(16)8-7-13-11-19(21)23-22-13/h3-6,9-10H,7-8,11H2,1-2H3,(H2,21,23). The fraction of sp³-hybridized carbons (Fsp3) is 0.263. The minimum absolute atomic E-state index is 0.551. The smallest absolute Gasteiger partial charge is 0.169 e. The molecular weight excluding hydrogens is 338 g/mol. The van der Waals surface area contributed by atoms with Gasteiger partial charge in [-0.25, -0.2) is 0 Å². The van der Waals surface area contributed by atoms with Crippen LogP contribution in [0, 0.1) is 6.92 Å². The Hall–Kier alpha value is -2.53. The Bertz CT molecular complexity index is 847. The van der Waals surface area contributed by atoms with Crippen molar-refractivity contribution < 1.29 is 9.47 Å². The minimum atomic E-state index is 0.551. The molecule has 0 fully saturated rings. The van der Waals surface area contributed by atoms with Gasteiger partial charge in [0.05, 0.1) is 7.11 Å². The molecule has 0 saturated heterocycles. The van der Waals surface area contributed by atoms with Crippen LogP contribution >= 0.6 is 11.6 Å². The number of hydrogen-bond donors (Lipinski definition) is 1. The highest BCUT2D eigenvalue weighted by Crippen LogP contribution is 2.36. The first-order valence-corrected chi connectivity index (χ1v) is 8.42. The van der Waals surface area contributed by atoms with Crippen LogP contribution in [-0.2, 0) is 6.42 Å². The van der Waals surface area contributed by atoms with E-state index in [0.29, 0.717) is 40.9 Å². The molecule has 1 heterocycles. The Kier molecular flexibility index (Phi) is 5.24. The molecule has 2 N–H and O–H groups in total. The average molecular weight is 358 g/mol. The van der Waals surface area contributed by atoms with E-state index < -0.39 is 0 Å². The number of benzene rings is 2. The largest absolute Gasteiger partial charge is 0.493 e. The van der Waals surface area contributed by atoms with E-state index in [9.17, 15) is 0 Å². The first-order chi connectivity index (χ1) is 12.1. The molecular formula is C19H20ClN3O2. The first-order valence-electron chi connectivity index (χ1n) is 8.04. The van der Waals surface area contributed by atoms with Gasteiger partial charge in [-0.05, 0) is 49.6 Å².